The fourth-order valence-corrected chi connectivity index (χ4v) is 3.26. The smallest absolute Gasteiger partial charge is 0.255 e. The van der Waals surface area contributed by atoms with Crippen LogP contribution in [0.5, 0.6) is 0 Å². The first-order chi connectivity index (χ1) is 12.1. The van der Waals surface area contributed by atoms with Crippen LogP contribution in [0.25, 0.3) is 10.6 Å². The van der Waals surface area contributed by atoms with Crippen molar-refractivity contribution >= 4 is 28.6 Å². The van der Waals surface area contributed by atoms with E-state index in [1.807, 2.05) is 67.9 Å². The number of hydrogen-bond acceptors (Lipinski definition) is 4. The lowest BCUT2D eigenvalue weighted by molar-refractivity contribution is 0.102. The molecule has 0 saturated heterocycles. The predicted octanol–water partition coefficient (Wildman–Crippen LogP) is 4.83. The van der Waals surface area contributed by atoms with Gasteiger partial charge in [0.1, 0.15) is 5.01 Å². The Morgan fingerprint density at radius 3 is 2.60 bits per heavy atom. The van der Waals surface area contributed by atoms with E-state index in [4.69, 9.17) is 0 Å². The van der Waals surface area contributed by atoms with Crippen molar-refractivity contribution < 1.29 is 4.79 Å². The molecule has 25 heavy (non-hydrogen) atoms. The molecule has 1 aromatic heterocycles. The van der Waals surface area contributed by atoms with E-state index in [-0.39, 0.29) is 5.91 Å². The summed E-state index contributed by atoms with van der Waals surface area (Å²) < 4.78 is 0. The monoisotopic (exact) mass is 351 g/mol. The van der Waals surface area contributed by atoms with Crippen LogP contribution in [0.2, 0.25) is 0 Å². The molecule has 0 saturated carbocycles. The Balaban J connectivity index is 1.73. The summed E-state index contributed by atoms with van der Waals surface area (Å²) in [5, 5.41) is 5.96. The maximum Gasteiger partial charge on any atom is 0.255 e. The van der Waals surface area contributed by atoms with E-state index in [0.29, 0.717) is 5.56 Å². The van der Waals surface area contributed by atoms with Crippen LogP contribution in [0.15, 0.2) is 53.9 Å². The van der Waals surface area contributed by atoms with E-state index >= 15 is 0 Å². The third-order valence-corrected chi connectivity index (χ3v) is 5.04. The van der Waals surface area contributed by atoms with Gasteiger partial charge in [-0.05, 0) is 44.2 Å². The van der Waals surface area contributed by atoms with Gasteiger partial charge in [-0.2, -0.15) is 0 Å². The third-order valence-electron chi connectivity index (χ3n) is 4.03. The van der Waals surface area contributed by atoms with Crippen LogP contribution < -0.4 is 10.2 Å². The second kappa shape index (κ2) is 7.49. The molecular formula is C20H21N3OS. The molecule has 0 aliphatic carbocycles. The highest BCUT2D eigenvalue weighted by molar-refractivity contribution is 7.13. The lowest BCUT2D eigenvalue weighted by Crippen LogP contribution is -2.16. The minimum atomic E-state index is -0.113. The molecule has 4 nitrogen and oxygen atoms in total. The lowest BCUT2D eigenvalue weighted by Gasteiger charge is -2.17. The molecule has 0 spiro atoms. The van der Waals surface area contributed by atoms with Crippen molar-refractivity contribution in [3.05, 3.63) is 65.2 Å². The second-order valence-electron chi connectivity index (χ2n) is 5.89. The molecule has 5 heteroatoms. The average Bonchev–Trinajstić information content (AvgIpc) is 3.07. The topological polar surface area (TPSA) is 45.2 Å². The van der Waals surface area contributed by atoms with Gasteiger partial charge in [-0.1, -0.05) is 18.2 Å². The lowest BCUT2D eigenvalue weighted by atomic mass is 10.1. The number of carbonyl (C=O) groups excluding carboxylic acids is 1. The molecular weight excluding hydrogens is 330 g/mol. The molecule has 0 atom stereocenters. The molecule has 0 radical (unpaired) electrons. The summed E-state index contributed by atoms with van der Waals surface area (Å²) in [4.78, 5) is 19.1. The number of nitrogens with one attached hydrogen (secondary N) is 1. The van der Waals surface area contributed by atoms with Crippen LogP contribution in [-0.2, 0) is 0 Å². The summed E-state index contributed by atoms with van der Waals surface area (Å²) in [5.41, 5.74) is 4.54. The number of thiazole rings is 1. The Bertz CT molecular complexity index is 871. The van der Waals surface area contributed by atoms with Crippen molar-refractivity contribution in [1.82, 2.24) is 4.98 Å². The highest BCUT2D eigenvalue weighted by Crippen LogP contribution is 2.24. The zero-order chi connectivity index (χ0) is 17.8. The number of aryl methyl sites for hydroxylation is 1. The number of rotatable bonds is 5. The van der Waals surface area contributed by atoms with Crippen LogP contribution in [0, 0.1) is 6.92 Å². The molecule has 0 bridgehead atoms. The summed E-state index contributed by atoms with van der Waals surface area (Å²) in [5.74, 6) is -0.113. The van der Waals surface area contributed by atoms with Crippen LogP contribution in [0.1, 0.15) is 23.0 Å². The summed E-state index contributed by atoms with van der Waals surface area (Å²) in [7, 11) is 2.03. The van der Waals surface area contributed by atoms with Gasteiger partial charge in [0.2, 0.25) is 0 Å². The number of aromatic nitrogens is 1. The number of hydrogen-bond donors (Lipinski definition) is 1. The zero-order valence-electron chi connectivity index (χ0n) is 14.6. The fraction of sp³-hybridized carbons (Fsp3) is 0.200. The van der Waals surface area contributed by atoms with E-state index in [1.165, 1.54) is 0 Å². The number of benzene rings is 2. The van der Waals surface area contributed by atoms with E-state index in [9.17, 15) is 4.79 Å². The van der Waals surface area contributed by atoms with E-state index in [2.05, 4.69) is 22.1 Å². The van der Waals surface area contributed by atoms with Crippen molar-refractivity contribution in [3.8, 4) is 10.6 Å². The summed E-state index contributed by atoms with van der Waals surface area (Å²) in [6.07, 6.45) is 0. The van der Waals surface area contributed by atoms with Crippen molar-refractivity contribution in [2.24, 2.45) is 0 Å². The van der Waals surface area contributed by atoms with Gasteiger partial charge >= 0.3 is 0 Å². The summed E-state index contributed by atoms with van der Waals surface area (Å²) in [6, 6.07) is 15.4. The average molecular weight is 351 g/mol. The number of amides is 1. The van der Waals surface area contributed by atoms with Crippen molar-refractivity contribution in [2.45, 2.75) is 13.8 Å². The van der Waals surface area contributed by atoms with Crippen LogP contribution in [0.4, 0.5) is 11.4 Å². The minimum Gasteiger partial charge on any atom is -0.375 e. The van der Waals surface area contributed by atoms with Gasteiger partial charge < -0.3 is 10.2 Å². The second-order valence-corrected chi connectivity index (χ2v) is 6.75. The van der Waals surface area contributed by atoms with Gasteiger partial charge in [-0.15, -0.1) is 11.3 Å². The number of nitrogens with zero attached hydrogens (tertiary/aromatic N) is 2. The maximum absolute atomic E-state index is 12.5. The van der Waals surface area contributed by atoms with E-state index in [1.54, 1.807) is 11.3 Å². The Morgan fingerprint density at radius 2 is 1.96 bits per heavy atom. The number of anilines is 2. The molecule has 128 valence electrons. The Hall–Kier alpha value is -2.66. The van der Waals surface area contributed by atoms with Gasteiger partial charge in [0.15, 0.2) is 0 Å². The van der Waals surface area contributed by atoms with Crippen molar-refractivity contribution in [2.75, 3.05) is 23.8 Å². The predicted molar refractivity (Wildman–Crippen MR) is 106 cm³/mol. The summed E-state index contributed by atoms with van der Waals surface area (Å²) in [6.45, 7) is 4.98. The first kappa shape index (κ1) is 17.2. The molecule has 3 rings (SSSR count). The van der Waals surface area contributed by atoms with Gasteiger partial charge in [0, 0.05) is 47.2 Å². The summed E-state index contributed by atoms with van der Waals surface area (Å²) >= 11 is 1.61. The van der Waals surface area contributed by atoms with Gasteiger partial charge in [-0.25, -0.2) is 4.98 Å². The molecule has 0 fully saturated rings. The van der Waals surface area contributed by atoms with E-state index < -0.39 is 0 Å². The molecule has 1 N–H and O–H groups in total. The highest BCUT2D eigenvalue weighted by Gasteiger charge is 2.09. The Kier molecular flexibility index (Phi) is 5.14. The zero-order valence-corrected chi connectivity index (χ0v) is 15.4. The Morgan fingerprint density at radius 1 is 1.20 bits per heavy atom. The van der Waals surface area contributed by atoms with Crippen LogP contribution in [0.3, 0.4) is 0 Å². The maximum atomic E-state index is 12.5. The molecule has 3 aromatic rings. The standard InChI is InChI=1S/C20H21N3OS/c1-4-23(3)18-7-5-6-17(12-18)22-19(24)15-8-10-16(11-9-15)20-21-14(2)13-25-20/h5-13H,4H2,1-3H3,(H,22,24). The van der Waals surface area contributed by atoms with E-state index in [0.717, 1.165) is 34.2 Å². The molecule has 0 aliphatic rings. The van der Waals surface area contributed by atoms with Crippen molar-refractivity contribution in [3.63, 3.8) is 0 Å². The largest absolute Gasteiger partial charge is 0.375 e. The number of carbonyl (C=O) groups is 1. The molecule has 1 heterocycles. The van der Waals surface area contributed by atoms with Crippen LogP contribution in [-0.4, -0.2) is 24.5 Å². The minimum absolute atomic E-state index is 0.113. The first-order valence-electron chi connectivity index (χ1n) is 8.22. The first-order valence-corrected chi connectivity index (χ1v) is 9.10. The quantitative estimate of drug-likeness (QED) is 0.716. The molecule has 0 aliphatic heterocycles. The van der Waals surface area contributed by atoms with Crippen LogP contribution >= 0.6 is 11.3 Å². The van der Waals surface area contributed by atoms with Crippen molar-refractivity contribution in [1.29, 1.82) is 0 Å². The normalized spacial score (nSPS) is 10.5. The fourth-order valence-electron chi connectivity index (χ4n) is 2.46. The third kappa shape index (κ3) is 4.06. The molecule has 2 aromatic carbocycles. The molecule has 0 unspecified atom stereocenters. The SMILES string of the molecule is CCN(C)c1cccc(NC(=O)c2ccc(-c3nc(C)cs3)cc2)c1. The molecule has 1 amide bonds. The highest BCUT2D eigenvalue weighted by atomic mass is 32.1. The Labute approximate surface area is 152 Å². The van der Waals surface area contributed by atoms with Gasteiger partial charge in [-0.3, -0.25) is 4.79 Å². The van der Waals surface area contributed by atoms with Gasteiger partial charge in [0.05, 0.1) is 0 Å². The van der Waals surface area contributed by atoms with Gasteiger partial charge in [0.25, 0.3) is 5.91 Å².